The largest absolute Gasteiger partial charge is 0.467 e. The van der Waals surface area contributed by atoms with Crippen LogP contribution in [-0.4, -0.2) is 48.3 Å². The van der Waals surface area contributed by atoms with E-state index in [2.05, 4.69) is 16.6 Å². The van der Waals surface area contributed by atoms with Gasteiger partial charge in [-0.1, -0.05) is 6.92 Å². The normalized spacial score (nSPS) is 27.3. The van der Waals surface area contributed by atoms with Crippen LogP contribution in [0.2, 0.25) is 0 Å². The molecule has 2 unspecified atom stereocenters. The SMILES string of the molecule is COC(=O)C(C)(O)CN1CCC(C)C1. The number of hydrogen-bond donors (Lipinski definition) is 1. The number of esters is 1. The molecule has 0 spiro atoms. The maximum absolute atomic E-state index is 11.2. The zero-order valence-corrected chi connectivity index (χ0v) is 9.12. The van der Waals surface area contributed by atoms with Gasteiger partial charge in [0.15, 0.2) is 5.60 Å². The fraction of sp³-hybridized carbons (Fsp3) is 0.900. The van der Waals surface area contributed by atoms with E-state index in [9.17, 15) is 9.90 Å². The Bertz CT molecular complexity index is 215. The van der Waals surface area contributed by atoms with E-state index in [1.54, 1.807) is 0 Å². The average molecular weight is 201 g/mol. The molecule has 0 saturated carbocycles. The second kappa shape index (κ2) is 4.28. The van der Waals surface area contributed by atoms with Gasteiger partial charge in [0.05, 0.1) is 7.11 Å². The summed E-state index contributed by atoms with van der Waals surface area (Å²) in [5, 5.41) is 9.81. The first-order chi connectivity index (χ1) is 6.45. The number of ether oxygens (including phenoxy) is 1. The summed E-state index contributed by atoms with van der Waals surface area (Å²) in [4.78, 5) is 13.3. The lowest BCUT2D eigenvalue weighted by molar-refractivity contribution is -0.162. The molecule has 0 aromatic rings. The van der Waals surface area contributed by atoms with Crippen LogP contribution in [-0.2, 0) is 9.53 Å². The number of rotatable bonds is 3. The van der Waals surface area contributed by atoms with Gasteiger partial charge in [-0.3, -0.25) is 4.90 Å². The van der Waals surface area contributed by atoms with Crippen LogP contribution in [0.4, 0.5) is 0 Å². The van der Waals surface area contributed by atoms with E-state index in [0.717, 1.165) is 19.5 Å². The summed E-state index contributed by atoms with van der Waals surface area (Å²) in [6.45, 7) is 5.94. The smallest absolute Gasteiger partial charge is 0.338 e. The van der Waals surface area contributed by atoms with Crippen molar-refractivity contribution in [3.05, 3.63) is 0 Å². The molecule has 0 aromatic heterocycles. The topological polar surface area (TPSA) is 49.8 Å². The minimum Gasteiger partial charge on any atom is -0.467 e. The van der Waals surface area contributed by atoms with Crippen molar-refractivity contribution in [2.45, 2.75) is 25.9 Å². The number of β-amino-alcohol motifs (C(OH)–C–C–N with tert-alkyl or cyclic N) is 1. The molecule has 0 bridgehead atoms. The molecule has 82 valence electrons. The van der Waals surface area contributed by atoms with Crippen LogP contribution >= 0.6 is 0 Å². The van der Waals surface area contributed by atoms with E-state index >= 15 is 0 Å². The van der Waals surface area contributed by atoms with Crippen molar-refractivity contribution in [3.63, 3.8) is 0 Å². The first-order valence-corrected chi connectivity index (χ1v) is 4.99. The summed E-state index contributed by atoms with van der Waals surface area (Å²) < 4.78 is 4.54. The lowest BCUT2D eigenvalue weighted by Gasteiger charge is -2.26. The standard InChI is InChI=1S/C10H19NO3/c1-8-4-5-11(6-8)7-10(2,13)9(12)14-3/h8,13H,4-7H2,1-3H3. The van der Waals surface area contributed by atoms with E-state index in [1.807, 2.05) is 0 Å². The molecule has 14 heavy (non-hydrogen) atoms. The molecule has 4 heteroatoms. The van der Waals surface area contributed by atoms with E-state index in [0.29, 0.717) is 12.5 Å². The van der Waals surface area contributed by atoms with Crippen molar-refractivity contribution >= 4 is 5.97 Å². The summed E-state index contributed by atoms with van der Waals surface area (Å²) in [5.74, 6) is 0.0977. The molecule has 1 N–H and O–H groups in total. The Morgan fingerprint density at radius 3 is 2.79 bits per heavy atom. The minimum absolute atomic E-state index is 0.365. The Morgan fingerprint density at radius 2 is 2.36 bits per heavy atom. The monoisotopic (exact) mass is 201 g/mol. The van der Waals surface area contributed by atoms with Gasteiger partial charge in [-0.05, 0) is 25.8 Å². The maximum Gasteiger partial charge on any atom is 0.338 e. The average Bonchev–Trinajstić information content (AvgIpc) is 2.48. The van der Waals surface area contributed by atoms with Crippen molar-refractivity contribution in [2.75, 3.05) is 26.7 Å². The highest BCUT2D eigenvalue weighted by atomic mass is 16.5. The Balaban J connectivity index is 2.46. The molecular formula is C10H19NO3. The third kappa shape index (κ3) is 2.69. The lowest BCUT2D eigenvalue weighted by atomic mass is 10.1. The number of carbonyl (C=O) groups excluding carboxylic acids is 1. The van der Waals surface area contributed by atoms with Crippen LogP contribution in [0.3, 0.4) is 0 Å². The van der Waals surface area contributed by atoms with Crippen LogP contribution in [0, 0.1) is 5.92 Å². The second-order valence-corrected chi connectivity index (χ2v) is 4.39. The lowest BCUT2D eigenvalue weighted by Crippen LogP contribution is -2.46. The zero-order valence-electron chi connectivity index (χ0n) is 9.12. The van der Waals surface area contributed by atoms with Gasteiger partial charge in [0.25, 0.3) is 0 Å². The molecule has 1 fully saturated rings. The highest BCUT2D eigenvalue weighted by molar-refractivity contribution is 5.78. The molecule has 0 amide bonds. The van der Waals surface area contributed by atoms with Crippen LogP contribution < -0.4 is 0 Å². The molecule has 0 aliphatic carbocycles. The number of carbonyl (C=O) groups is 1. The summed E-state index contributed by atoms with van der Waals surface area (Å²) in [7, 11) is 1.30. The zero-order chi connectivity index (χ0) is 10.8. The molecule has 1 heterocycles. The van der Waals surface area contributed by atoms with Crippen molar-refractivity contribution in [1.29, 1.82) is 0 Å². The van der Waals surface area contributed by atoms with Gasteiger partial charge in [0, 0.05) is 13.1 Å². The number of nitrogens with zero attached hydrogens (tertiary/aromatic N) is 1. The molecule has 0 radical (unpaired) electrons. The van der Waals surface area contributed by atoms with Gasteiger partial charge in [0.1, 0.15) is 0 Å². The molecule has 2 atom stereocenters. The van der Waals surface area contributed by atoms with E-state index in [-0.39, 0.29) is 0 Å². The molecule has 4 nitrogen and oxygen atoms in total. The van der Waals surface area contributed by atoms with Crippen LogP contribution in [0.15, 0.2) is 0 Å². The first-order valence-electron chi connectivity index (χ1n) is 4.99. The Morgan fingerprint density at radius 1 is 1.71 bits per heavy atom. The van der Waals surface area contributed by atoms with Gasteiger partial charge in [0.2, 0.25) is 0 Å². The Hall–Kier alpha value is -0.610. The fourth-order valence-electron chi connectivity index (χ4n) is 1.89. The van der Waals surface area contributed by atoms with Crippen molar-refractivity contribution in [2.24, 2.45) is 5.92 Å². The molecule has 1 saturated heterocycles. The van der Waals surface area contributed by atoms with Gasteiger partial charge < -0.3 is 9.84 Å². The predicted molar refractivity (Wildman–Crippen MR) is 52.9 cm³/mol. The van der Waals surface area contributed by atoms with E-state index < -0.39 is 11.6 Å². The van der Waals surface area contributed by atoms with Crippen LogP contribution in [0.1, 0.15) is 20.3 Å². The van der Waals surface area contributed by atoms with Crippen molar-refractivity contribution in [3.8, 4) is 0 Å². The quantitative estimate of drug-likeness (QED) is 0.665. The van der Waals surface area contributed by atoms with Gasteiger partial charge in [-0.2, -0.15) is 0 Å². The van der Waals surface area contributed by atoms with Crippen molar-refractivity contribution in [1.82, 2.24) is 4.90 Å². The molecule has 1 aliphatic heterocycles. The summed E-state index contributed by atoms with van der Waals surface area (Å²) in [5.41, 5.74) is -1.38. The minimum atomic E-state index is -1.38. The fourth-order valence-corrected chi connectivity index (χ4v) is 1.89. The summed E-state index contributed by atoms with van der Waals surface area (Å²) in [6, 6.07) is 0. The molecule has 1 aliphatic rings. The van der Waals surface area contributed by atoms with Crippen molar-refractivity contribution < 1.29 is 14.6 Å². The third-order valence-electron chi connectivity index (χ3n) is 2.66. The second-order valence-electron chi connectivity index (χ2n) is 4.39. The Kier molecular flexibility index (Phi) is 3.50. The van der Waals surface area contributed by atoms with Gasteiger partial charge in [-0.25, -0.2) is 4.79 Å². The molecule has 0 aromatic carbocycles. The molecule has 1 rings (SSSR count). The third-order valence-corrected chi connectivity index (χ3v) is 2.66. The highest BCUT2D eigenvalue weighted by Crippen LogP contribution is 2.18. The number of hydrogen-bond acceptors (Lipinski definition) is 4. The number of aliphatic hydroxyl groups is 1. The number of methoxy groups -OCH3 is 1. The van der Waals surface area contributed by atoms with Crippen LogP contribution in [0.5, 0.6) is 0 Å². The summed E-state index contributed by atoms with van der Waals surface area (Å²) in [6.07, 6.45) is 1.14. The Labute approximate surface area is 84.8 Å². The van der Waals surface area contributed by atoms with Crippen LogP contribution in [0.25, 0.3) is 0 Å². The maximum atomic E-state index is 11.2. The number of likely N-dealkylation sites (tertiary alicyclic amines) is 1. The van der Waals surface area contributed by atoms with E-state index in [1.165, 1.54) is 14.0 Å². The predicted octanol–water partition coefficient (Wildman–Crippen LogP) is 0.252. The molecular weight excluding hydrogens is 182 g/mol. The first kappa shape index (κ1) is 11.5. The van der Waals surface area contributed by atoms with E-state index in [4.69, 9.17) is 0 Å². The highest BCUT2D eigenvalue weighted by Gasteiger charge is 2.35. The summed E-state index contributed by atoms with van der Waals surface area (Å²) >= 11 is 0. The van der Waals surface area contributed by atoms with Gasteiger partial charge >= 0.3 is 5.97 Å². The van der Waals surface area contributed by atoms with Gasteiger partial charge in [-0.15, -0.1) is 0 Å².